The smallest absolute Gasteiger partial charge is 0.227 e. The first kappa shape index (κ1) is 21.4. The van der Waals surface area contributed by atoms with Crippen LogP contribution in [0.1, 0.15) is 24.0 Å². The molecule has 154 valence electrons. The van der Waals surface area contributed by atoms with Crippen molar-refractivity contribution in [3.63, 3.8) is 0 Å². The molecule has 0 bridgehead atoms. The Kier molecular flexibility index (Phi) is 6.99. The van der Waals surface area contributed by atoms with Gasteiger partial charge in [-0.15, -0.1) is 12.4 Å². The third-order valence-electron chi connectivity index (χ3n) is 5.67. The number of hydrogen-bond acceptors (Lipinski definition) is 2. The molecule has 0 saturated heterocycles. The second kappa shape index (κ2) is 9.47. The molecule has 1 amide bonds. The van der Waals surface area contributed by atoms with E-state index in [1.165, 1.54) is 22.0 Å². The fourth-order valence-electron chi connectivity index (χ4n) is 4.46. The van der Waals surface area contributed by atoms with Crippen LogP contribution in [-0.4, -0.2) is 43.0 Å². The van der Waals surface area contributed by atoms with Crippen LogP contribution in [0.5, 0.6) is 0 Å². The van der Waals surface area contributed by atoms with Crippen LogP contribution >= 0.6 is 12.4 Å². The lowest BCUT2D eigenvalue weighted by molar-refractivity contribution is -0.119. The summed E-state index contributed by atoms with van der Waals surface area (Å²) in [5.41, 5.74) is 4.87. The SMILES string of the molecule is CN(C)CC1Cc2ccccc2N(C(=O)CCCc2c[nH]c3ccccc23)C1.Cl. The van der Waals surface area contributed by atoms with Gasteiger partial charge in [0.2, 0.25) is 5.91 Å². The first-order valence-electron chi connectivity index (χ1n) is 10.2. The largest absolute Gasteiger partial charge is 0.361 e. The molecule has 1 aromatic heterocycles. The molecule has 1 N–H and O–H groups in total. The topological polar surface area (TPSA) is 39.3 Å². The number of carbonyl (C=O) groups excluding carboxylic acids is 1. The minimum Gasteiger partial charge on any atom is -0.361 e. The molecule has 0 fully saturated rings. The monoisotopic (exact) mass is 411 g/mol. The van der Waals surface area contributed by atoms with Gasteiger partial charge in [0.15, 0.2) is 0 Å². The normalized spacial score (nSPS) is 16.0. The standard InChI is InChI=1S/C24H29N3O.ClH/c1-26(2)16-18-14-19-8-3-6-12-23(19)27(17-18)24(28)13-7-9-20-15-25-22-11-5-4-10-21(20)22;/h3-6,8,10-12,15,18,25H,7,9,13-14,16-17H2,1-2H3;1H. The minimum absolute atomic E-state index is 0. The summed E-state index contributed by atoms with van der Waals surface area (Å²) in [4.78, 5) is 20.7. The Labute approximate surface area is 179 Å². The summed E-state index contributed by atoms with van der Waals surface area (Å²) < 4.78 is 0. The summed E-state index contributed by atoms with van der Waals surface area (Å²) in [6, 6.07) is 16.7. The van der Waals surface area contributed by atoms with Gasteiger partial charge in [0, 0.05) is 42.3 Å². The maximum atomic E-state index is 13.1. The van der Waals surface area contributed by atoms with E-state index < -0.39 is 0 Å². The van der Waals surface area contributed by atoms with Crippen LogP contribution in [0.15, 0.2) is 54.7 Å². The van der Waals surface area contributed by atoms with Crippen LogP contribution in [0.4, 0.5) is 5.69 Å². The fourth-order valence-corrected chi connectivity index (χ4v) is 4.46. The van der Waals surface area contributed by atoms with E-state index in [1.807, 2.05) is 17.0 Å². The predicted octanol–water partition coefficient (Wildman–Crippen LogP) is 4.68. The van der Waals surface area contributed by atoms with Gasteiger partial charge in [-0.2, -0.15) is 0 Å². The van der Waals surface area contributed by atoms with Crippen molar-refractivity contribution < 1.29 is 4.79 Å². The molecule has 1 aliphatic rings. The molecule has 1 atom stereocenters. The van der Waals surface area contributed by atoms with Gasteiger partial charge in [-0.25, -0.2) is 0 Å². The van der Waals surface area contributed by atoms with E-state index in [2.05, 4.69) is 66.6 Å². The van der Waals surface area contributed by atoms with Crippen LogP contribution in [0, 0.1) is 5.92 Å². The number of carbonyl (C=O) groups is 1. The van der Waals surface area contributed by atoms with E-state index in [-0.39, 0.29) is 18.3 Å². The van der Waals surface area contributed by atoms with Crippen molar-refractivity contribution in [3.8, 4) is 0 Å². The number of aromatic nitrogens is 1. The van der Waals surface area contributed by atoms with Crippen molar-refractivity contribution in [2.45, 2.75) is 25.7 Å². The number of fused-ring (bicyclic) bond motifs is 2. The molecule has 1 aliphatic heterocycles. The maximum absolute atomic E-state index is 13.1. The summed E-state index contributed by atoms with van der Waals surface area (Å²) in [7, 11) is 4.21. The zero-order valence-corrected chi connectivity index (χ0v) is 18.0. The number of hydrogen-bond donors (Lipinski definition) is 1. The molecule has 4 rings (SSSR count). The number of aryl methyl sites for hydroxylation is 1. The Bertz CT molecular complexity index is 965. The van der Waals surface area contributed by atoms with Gasteiger partial charge in [0.1, 0.15) is 0 Å². The van der Waals surface area contributed by atoms with Gasteiger partial charge in [-0.3, -0.25) is 4.79 Å². The summed E-state index contributed by atoms with van der Waals surface area (Å²) in [5, 5.41) is 1.27. The van der Waals surface area contributed by atoms with Crippen molar-refractivity contribution in [3.05, 3.63) is 65.9 Å². The van der Waals surface area contributed by atoms with Gasteiger partial charge in [0.05, 0.1) is 0 Å². The highest BCUT2D eigenvalue weighted by atomic mass is 35.5. The van der Waals surface area contributed by atoms with Gasteiger partial charge in [-0.05, 0) is 62.5 Å². The third kappa shape index (κ3) is 4.82. The van der Waals surface area contributed by atoms with Crippen molar-refractivity contribution in [1.82, 2.24) is 9.88 Å². The summed E-state index contributed by atoms with van der Waals surface area (Å²) >= 11 is 0. The van der Waals surface area contributed by atoms with Crippen LogP contribution in [-0.2, 0) is 17.6 Å². The van der Waals surface area contributed by atoms with Gasteiger partial charge >= 0.3 is 0 Å². The summed E-state index contributed by atoms with van der Waals surface area (Å²) in [5.74, 6) is 0.734. The number of H-pyrrole nitrogens is 1. The highest BCUT2D eigenvalue weighted by Crippen LogP contribution is 2.30. The molecule has 2 heterocycles. The molecule has 3 aromatic rings. The Morgan fingerprint density at radius 2 is 1.90 bits per heavy atom. The van der Waals surface area contributed by atoms with E-state index in [0.29, 0.717) is 12.3 Å². The number of para-hydroxylation sites is 2. The molecule has 5 heteroatoms. The predicted molar refractivity (Wildman–Crippen MR) is 123 cm³/mol. The number of nitrogens with one attached hydrogen (secondary N) is 1. The van der Waals surface area contributed by atoms with E-state index >= 15 is 0 Å². The van der Waals surface area contributed by atoms with Gasteiger partial charge < -0.3 is 14.8 Å². The fraction of sp³-hybridized carbons (Fsp3) is 0.375. The number of aromatic amines is 1. The Hall–Kier alpha value is -2.30. The van der Waals surface area contributed by atoms with Crippen molar-refractivity contribution >= 4 is 34.9 Å². The first-order chi connectivity index (χ1) is 13.6. The number of nitrogens with zero attached hydrogens (tertiary/aromatic N) is 2. The van der Waals surface area contributed by atoms with E-state index in [9.17, 15) is 4.79 Å². The average Bonchev–Trinajstić information content (AvgIpc) is 3.10. The maximum Gasteiger partial charge on any atom is 0.227 e. The quantitative estimate of drug-likeness (QED) is 0.639. The third-order valence-corrected chi connectivity index (χ3v) is 5.67. The Balaban J connectivity index is 0.00000240. The lowest BCUT2D eigenvalue weighted by atomic mass is 9.91. The number of anilines is 1. The number of amides is 1. The molecule has 0 radical (unpaired) electrons. The van der Waals surface area contributed by atoms with E-state index in [1.54, 1.807) is 0 Å². The minimum atomic E-state index is 0. The summed E-state index contributed by atoms with van der Waals surface area (Å²) in [6.45, 7) is 1.83. The number of halogens is 1. The number of benzene rings is 2. The van der Waals surface area contributed by atoms with Crippen molar-refractivity contribution in [1.29, 1.82) is 0 Å². The molecule has 0 spiro atoms. The highest BCUT2D eigenvalue weighted by Gasteiger charge is 2.28. The molecule has 29 heavy (non-hydrogen) atoms. The second-order valence-corrected chi connectivity index (χ2v) is 8.18. The molecule has 2 aromatic carbocycles. The van der Waals surface area contributed by atoms with Crippen molar-refractivity contribution in [2.75, 3.05) is 32.1 Å². The molecule has 4 nitrogen and oxygen atoms in total. The Morgan fingerprint density at radius 3 is 2.72 bits per heavy atom. The van der Waals surface area contributed by atoms with Crippen LogP contribution in [0.2, 0.25) is 0 Å². The average molecular weight is 412 g/mol. The second-order valence-electron chi connectivity index (χ2n) is 8.18. The van der Waals surface area contributed by atoms with Crippen LogP contribution < -0.4 is 4.90 Å². The molecule has 0 aliphatic carbocycles. The lowest BCUT2D eigenvalue weighted by Gasteiger charge is -2.36. The van der Waals surface area contributed by atoms with Gasteiger partial charge in [-0.1, -0.05) is 36.4 Å². The first-order valence-corrected chi connectivity index (χ1v) is 10.2. The van der Waals surface area contributed by atoms with Crippen LogP contribution in [0.25, 0.3) is 10.9 Å². The molecular weight excluding hydrogens is 382 g/mol. The molecule has 0 saturated carbocycles. The highest BCUT2D eigenvalue weighted by molar-refractivity contribution is 5.94. The lowest BCUT2D eigenvalue weighted by Crippen LogP contribution is -2.43. The Morgan fingerprint density at radius 1 is 1.14 bits per heavy atom. The van der Waals surface area contributed by atoms with Gasteiger partial charge in [0.25, 0.3) is 0 Å². The van der Waals surface area contributed by atoms with Crippen molar-refractivity contribution in [2.24, 2.45) is 5.92 Å². The van der Waals surface area contributed by atoms with E-state index in [4.69, 9.17) is 0 Å². The zero-order chi connectivity index (χ0) is 19.5. The molecular formula is C24H30ClN3O. The summed E-state index contributed by atoms with van der Waals surface area (Å²) in [6.07, 6.45) is 5.51. The molecule has 1 unspecified atom stereocenters. The van der Waals surface area contributed by atoms with E-state index in [0.717, 1.165) is 38.0 Å². The van der Waals surface area contributed by atoms with Crippen LogP contribution in [0.3, 0.4) is 0 Å². The zero-order valence-electron chi connectivity index (χ0n) is 17.2. The number of rotatable bonds is 6.